The molecule has 0 radical (unpaired) electrons. The van der Waals surface area contributed by atoms with Crippen molar-refractivity contribution in [2.45, 2.75) is 56.3 Å². The van der Waals surface area contributed by atoms with Crippen LogP contribution in [0, 0.1) is 5.92 Å². The quantitative estimate of drug-likeness (QED) is 0.908. The molecule has 2 rings (SSSR count). The summed E-state index contributed by atoms with van der Waals surface area (Å²) in [6.07, 6.45) is 5.96. The van der Waals surface area contributed by atoms with Gasteiger partial charge in [0.25, 0.3) is 0 Å². The van der Waals surface area contributed by atoms with Gasteiger partial charge in [0.1, 0.15) is 9.84 Å². The Hall–Kier alpha value is -0.870. The topological polar surface area (TPSA) is 54.4 Å². The Bertz CT molecular complexity index is 553. The lowest BCUT2D eigenvalue weighted by Gasteiger charge is -2.41. The molecule has 0 bridgehead atoms. The van der Waals surface area contributed by atoms with Gasteiger partial charge in [0.15, 0.2) is 0 Å². The third-order valence-corrected chi connectivity index (χ3v) is 6.45. The Morgan fingerprint density at radius 2 is 1.90 bits per heavy atom. The van der Waals surface area contributed by atoms with Gasteiger partial charge in [-0.15, -0.1) is 0 Å². The minimum absolute atomic E-state index is 0.0216. The van der Waals surface area contributed by atoms with E-state index in [1.807, 2.05) is 30.3 Å². The minimum Gasteiger partial charge on any atom is -0.385 e. The van der Waals surface area contributed by atoms with E-state index in [2.05, 4.69) is 6.92 Å². The van der Waals surface area contributed by atoms with Crippen molar-refractivity contribution in [2.75, 3.05) is 6.26 Å². The summed E-state index contributed by atoms with van der Waals surface area (Å²) < 4.78 is 23.7. The second-order valence-electron chi connectivity index (χ2n) is 6.36. The van der Waals surface area contributed by atoms with Crippen LogP contribution in [-0.2, 0) is 15.4 Å². The molecule has 0 saturated heterocycles. The molecule has 1 aliphatic carbocycles. The Balaban J connectivity index is 2.30. The van der Waals surface area contributed by atoms with E-state index in [9.17, 15) is 13.5 Å². The van der Waals surface area contributed by atoms with E-state index >= 15 is 0 Å². The maximum atomic E-state index is 11.9. The second kappa shape index (κ2) is 6.49. The van der Waals surface area contributed by atoms with E-state index in [-0.39, 0.29) is 11.2 Å². The molecular weight excluding hydrogens is 284 g/mol. The average molecular weight is 310 g/mol. The molecule has 3 atom stereocenters. The van der Waals surface area contributed by atoms with Crippen LogP contribution in [-0.4, -0.2) is 25.0 Å². The van der Waals surface area contributed by atoms with Crippen LogP contribution in [0.5, 0.6) is 0 Å². The maximum Gasteiger partial charge on any atom is 0.150 e. The van der Waals surface area contributed by atoms with Gasteiger partial charge in [-0.1, -0.05) is 50.1 Å². The third-order valence-electron chi connectivity index (χ3n) is 4.81. The van der Waals surface area contributed by atoms with Crippen molar-refractivity contribution in [3.8, 4) is 0 Å². The van der Waals surface area contributed by atoms with Gasteiger partial charge >= 0.3 is 0 Å². The molecule has 0 amide bonds. The highest BCUT2D eigenvalue weighted by atomic mass is 32.2. The molecular formula is C17H26O3S. The summed E-state index contributed by atoms with van der Waals surface area (Å²) in [5, 5.41) is 11.0. The summed E-state index contributed by atoms with van der Waals surface area (Å²) in [4.78, 5) is 0. The van der Waals surface area contributed by atoms with Crippen molar-refractivity contribution in [3.63, 3.8) is 0 Å². The van der Waals surface area contributed by atoms with Gasteiger partial charge in [-0.05, 0) is 37.2 Å². The highest BCUT2D eigenvalue weighted by Gasteiger charge is 2.42. The Morgan fingerprint density at radius 1 is 1.24 bits per heavy atom. The summed E-state index contributed by atoms with van der Waals surface area (Å²) in [7, 11) is -3.03. The molecule has 3 nitrogen and oxygen atoms in total. The molecule has 1 fully saturated rings. The first-order valence-electron chi connectivity index (χ1n) is 7.84. The molecule has 1 saturated carbocycles. The molecule has 1 N–H and O–H groups in total. The highest BCUT2D eigenvalue weighted by Crippen LogP contribution is 2.43. The van der Waals surface area contributed by atoms with Gasteiger partial charge in [-0.25, -0.2) is 8.42 Å². The lowest BCUT2D eigenvalue weighted by molar-refractivity contribution is -0.0460. The van der Waals surface area contributed by atoms with Crippen LogP contribution in [0.15, 0.2) is 30.3 Å². The first-order valence-corrected chi connectivity index (χ1v) is 9.80. The van der Waals surface area contributed by atoms with E-state index in [0.29, 0.717) is 12.8 Å². The van der Waals surface area contributed by atoms with Crippen LogP contribution in [0.1, 0.15) is 51.0 Å². The van der Waals surface area contributed by atoms with E-state index in [1.165, 1.54) is 6.26 Å². The summed E-state index contributed by atoms with van der Waals surface area (Å²) in [6.45, 7) is 2.06. The fraction of sp³-hybridized carbons (Fsp3) is 0.647. The number of rotatable bonds is 5. The smallest absolute Gasteiger partial charge is 0.150 e. The Labute approximate surface area is 128 Å². The van der Waals surface area contributed by atoms with Gasteiger partial charge in [0.2, 0.25) is 0 Å². The van der Waals surface area contributed by atoms with E-state index < -0.39 is 15.4 Å². The maximum absolute atomic E-state index is 11.9. The molecule has 0 aliphatic heterocycles. The highest BCUT2D eigenvalue weighted by molar-refractivity contribution is 7.91. The van der Waals surface area contributed by atoms with Crippen LogP contribution < -0.4 is 0 Å². The minimum atomic E-state index is -3.03. The van der Waals surface area contributed by atoms with Crippen LogP contribution in [0.4, 0.5) is 0 Å². The standard InChI is InChI=1S/C17H26O3S/c1-3-12-17(18,14-8-5-4-6-9-14)15-10-7-11-16(13-15)21(2,19)20/h4-6,8-9,15-16,18H,3,7,10-13H2,1-2H3. The fourth-order valence-electron chi connectivity index (χ4n) is 3.66. The van der Waals surface area contributed by atoms with Crippen molar-refractivity contribution in [1.82, 2.24) is 0 Å². The van der Waals surface area contributed by atoms with Crippen molar-refractivity contribution >= 4 is 9.84 Å². The molecule has 118 valence electrons. The summed E-state index contributed by atoms with van der Waals surface area (Å²) in [5.41, 5.74) is 0.0188. The van der Waals surface area contributed by atoms with E-state index in [1.54, 1.807) is 0 Å². The monoisotopic (exact) mass is 310 g/mol. The van der Waals surface area contributed by atoms with E-state index in [4.69, 9.17) is 0 Å². The SMILES string of the molecule is CCCC(O)(c1ccccc1)C1CCCC(S(C)(=O)=O)C1. The van der Waals surface area contributed by atoms with Crippen molar-refractivity contribution in [1.29, 1.82) is 0 Å². The largest absolute Gasteiger partial charge is 0.385 e. The number of hydrogen-bond donors (Lipinski definition) is 1. The van der Waals surface area contributed by atoms with Gasteiger partial charge in [0, 0.05) is 6.26 Å². The van der Waals surface area contributed by atoms with Gasteiger partial charge in [0.05, 0.1) is 10.9 Å². The molecule has 1 aromatic carbocycles. The molecule has 0 heterocycles. The third kappa shape index (κ3) is 3.67. The number of benzene rings is 1. The average Bonchev–Trinajstić information content (AvgIpc) is 2.47. The van der Waals surface area contributed by atoms with Crippen LogP contribution in [0.2, 0.25) is 0 Å². The molecule has 1 aliphatic rings. The summed E-state index contributed by atoms with van der Waals surface area (Å²) in [5.74, 6) is 0.0216. The van der Waals surface area contributed by atoms with Gasteiger partial charge in [-0.2, -0.15) is 0 Å². The van der Waals surface area contributed by atoms with Gasteiger partial charge in [-0.3, -0.25) is 0 Å². The Kier molecular flexibility index (Phi) is 5.10. The van der Waals surface area contributed by atoms with Crippen LogP contribution in [0.3, 0.4) is 0 Å². The second-order valence-corrected chi connectivity index (χ2v) is 8.68. The molecule has 3 unspecified atom stereocenters. The summed E-state index contributed by atoms with van der Waals surface area (Å²) >= 11 is 0. The van der Waals surface area contributed by atoms with Crippen LogP contribution in [0.25, 0.3) is 0 Å². The predicted molar refractivity (Wildman–Crippen MR) is 85.8 cm³/mol. The van der Waals surface area contributed by atoms with Crippen LogP contribution >= 0.6 is 0 Å². The van der Waals surface area contributed by atoms with Crippen molar-refractivity contribution < 1.29 is 13.5 Å². The van der Waals surface area contributed by atoms with Crippen molar-refractivity contribution in [3.05, 3.63) is 35.9 Å². The first kappa shape index (κ1) is 16.5. The predicted octanol–water partition coefficient (Wildman–Crippen LogP) is 3.28. The molecule has 0 spiro atoms. The lowest BCUT2D eigenvalue weighted by atomic mass is 9.71. The number of sulfone groups is 1. The van der Waals surface area contributed by atoms with E-state index in [0.717, 1.165) is 31.2 Å². The zero-order valence-electron chi connectivity index (χ0n) is 13.0. The fourth-order valence-corrected chi connectivity index (χ4v) is 4.84. The van der Waals surface area contributed by atoms with Crippen molar-refractivity contribution in [2.24, 2.45) is 5.92 Å². The Morgan fingerprint density at radius 3 is 2.48 bits per heavy atom. The number of aliphatic hydroxyl groups is 1. The summed E-state index contributed by atoms with van der Waals surface area (Å²) in [6, 6.07) is 9.73. The number of hydrogen-bond acceptors (Lipinski definition) is 3. The molecule has 21 heavy (non-hydrogen) atoms. The van der Waals surface area contributed by atoms with Gasteiger partial charge < -0.3 is 5.11 Å². The zero-order chi connectivity index (χ0) is 15.5. The lowest BCUT2D eigenvalue weighted by Crippen LogP contribution is -2.41. The normalized spacial score (nSPS) is 26.2. The zero-order valence-corrected chi connectivity index (χ0v) is 13.8. The molecule has 4 heteroatoms. The first-order chi connectivity index (χ1) is 9.88. The molecule has 0 aromatic heterocycles. The molecule has 1 aromatic rings.